The molecule has 76 valence electrons. The molecule has 0 unspecified atom stereocenters. The number of ether oxygens (including phenoxy) is 1. The Bertz CT molecular complexity index is 318. The van der Waals surface area contributed by atoms with E-state index in [2.05, 4.69) is 0 Å². The lowest BCUT2D eigenvalue weighted by molar-refractivity contribution is -0.148. The van der Waals surface area contributed by atoms with Gasteiger partial charge in [0.2, 0.25) is 0 Å². The Morgan fingerprint density at radius 2 is 2.21 bits per heavy atom. The summed E-state index contributed by atoms with van der Waals surface area (Å²) in [5.41, 5.74) is -0.420. The van der Waals surface area contributed by atoms with Crippen molar-refractivity contribution in [3.8, 4) is 0 Å². The van der Waals surface area contributed by atoms with Gasteiger partial charge in [0.1, 0.15) is 5.60 Å². The van der Waals surface area contributed by atoms with Crippen LogP contribution in [0.2, 0.25) is 0 Å². The molecule has 1 aromatic heterocycles. The van der Waals surface area contributed by atoms with E-state index in [1.807, 2.05) is 38.3 Å². The highest BCUT2D eigenvalue weighted by molar-refractivity contribution is 7.10. The lowest BCUT2D eigenvalue weighted by Gasteiger charge is -2.17. The molecule has 1 aromatic rings. The third kappa shape index (κ3) is 4.23. The molecule has 0 N–H and O–H groups in total. The van der Waals surface area contributed by atoms with Crippen molar-refractivity contribution in [1.29, 1.82) is 0 Å². The van der Waals surface area contributed by atoms with E-state index in [0.717, 1.165) is 4.88 Å². The first-order valence-corrected chi connectivity index (χ1v) is 5.30. The minimum Gasteiger partial charge on any atom is -0.457 e. The molecule has 0 saturated heterocycles. The van der Waals surface area contributed by atoms with Crippen LogP contribution in [0.5, 0.6) is 0 Å². The second-order valence-corrected chi connectivity index (χ2v) is 4.86. The summed E-state index contributed by atoms with van der Waals surface area (Å²) >= 11 is 1.59. The first-order chi connectivity index (χ1) is 6.47. The maximum Gasteiger partial charge on any atom is 0.331 e. The van der Waals surface area contributed by atoms with E-state index in [4.69, 9.17) is 4.74 Å². The molecule has 0 aromatic carbocycles. The number of esters is 1. The summed E-state index contributed by atoms with van der Waals surface area (Å²) in [4.78, 5) is 12.3. The van der Waals surface area contributed by atoms with Crippen molar-refractivity contribution in [2.45, 2.75) is 26.4 Å². The summed E-state index contributed by atoms with van der Waals surface area (Å²) in [6, 6.07) is 3.89. The van der Waals surface area contributed by atoms with Crippen LogP contribution in [0.25, 0.3) is 6.08 Å². The molecule has 0 amide bonds. The Labute approximate surface area is 88.2 Å². The maximum absolute atomic E-state index is 11.2. The molecule has 0 radical (unpaired) electrons. The number of carbonyl (C=O) groups is 1. The summed E-state index contributed by atoms with van der Waals surface area (Å²) in [7, 11) is 0. The average Bonchev–Trinajstić information content (AvgIpc) is 2.49. The molecule has 0 aliphatic heterocycles. The van der Waals surface area contributed by atoms with Gasteiger partial charge in [-0.3, -0.25) is 0 Å². The Balaban J connectivity index is 2.49. The predicted molar refractivity (Wildman–Crippen MR) is 59.2 cm³/mol. The molecule has 1 rings (SSSR count). The van der Waals surface area contributed by atoms with Crippen LogP contribution in [-0.2, 0) is 9.53 Å². The van der Waals surface area contributed by atoms with Gasteiger partial charge in [0.25, 0.3) is 0 Å². The Kier molecular flexibility index (Phi) is 3.47. The highest BCUT2D eigenvalue weighted by atomic mass is 32.1. The van der Waals surface area contributed by atoms with Crippen LogP contribution >= 0.6 is 11.3 Å². The van der Waals surface area contributed by atoms with Crippen molar-refractivity contribution in [2.75, 3.05) is 0 Å². The smallest absolute Gasteiger partial charge is 0.331 e. The first kappa shape index (κ1) is 11.0. The van der Waals surface area contributed by atoms with Gasteiger partial charge in [0.05, 0.1) is 0 Å². The normalized spacial score (nSPS) is 11.9. The molecular weight excluding hydrogens is 196 g/mol. The van der Waals surface area contributed by atoms with Gasteiger partial charge in [0, 0.05) is 11.0 Å². The number of hydrogen-bond donors (Lipinski definition) is 0. The zero-order chi connectivity index (χ0) is 10.6. The van der Waals surface area contributed by atoms with Gasteiger partial charge in [-0.05, 0) is 38.3 Å². The summed E-state index contributed by atoms with van der Waals surface area (Å²) in [6.45, 7) is 5.55. The van der Waals surface area contributed by atoms with Crippen LogP contribution in [0.15, 0.2) is 23.6 Å². The zero-order valence-corrected chi connectivity index (χ0v) is 9.43. The summed E-state index contributed by atoms with van der Waals surface area (Å²) < 4.78 is 5.11. The lowest BCUT2D eigenvalue weighted by atomic mass is 10.2. The monoisotopic (exact) mass is 210 g/mol. The Hall–Kier alpha value is -1.09. The highest BCUT2D eigenvalue weighted by Gasteiger charge is 2.13. The van der Waals surface area contributed by atoms with Gasteiger partial charge in [-0.2, -0.15) is 0 Å². The van der Waals surface area contributed by atoms with Gasteiger partial charge in [-0.1, -0.05) is 6.07 Å². The average molecular weight is 210 g/mol. The van der Waals surface area contributed by atoms with Crippen LogP contribution < -0.4 is 0 Å². The number of thiophene rings is 1. The van der Waals surface area contributed by atoms with Gasteiger partial charge in [-0.15, -0.1) is 11.3 Å². The molecular formula is C11H14O2S. The van der Waals surface area contributed by atoms with Crippen LogP contribution in [0.1, 0.15) is 25.6 Å². The molecule has 0 fully saturated rings. The molecule has 0 aliphatic rings. The van der Waals surface area contributed by atoms with E-state index in [0.29, 0.717) is 0 Å². The molecule has 2 nitrogen and oxygen atoms in total. The van der Waals surface area contributed by atoms with E-state index >= 15 is 0 Å². The van der Waals surface area contributed by atoms with E-state index in [1.54, 1.807) is 17.4 Å². The van der Waals surface area contributed by atoms with Crippen molar-refractivity contribution in [3.63, 3.8) is 0 Å². The second-order valence-electron chi connectivity index (χ2n) is 3.88. The van der Waals surface area contributed by atoms with Crippen LogP contribution in [-0.4, -0.2) is 11.6 Å². The molecule has 14 heavy (non-hydrogen) atoms. The number of hydrogen-bond acceptors (Lipinski definition) is 3. The third-order valence-electron chi connectivity index (χ3n) is 1.33. The van der Waals surface area contributed by atoms with Gasteiger partial charge in [-0.25, -0.2) is 4.79 Å². The zero-order valence-electron chi connectivity index (χ0n) is 8.61. The maximum atomic E-state index is 11.2. The number of carbonyl (C=O) groups excluding carboxylic acids is 1. The predicted octanol–water partition coefficient (Wildman–Crippen LogP) is 3.10. The van der Waals surface area contributed by atoms with Crippen molar-refractivity contribution in [1.82, 2.24) is 0 Å². The molecule has 1 heterocycles. The standard InChI is InChI=1S/C11H14O2S/c1-11(2,3)13-10(12)7-6-9-5-4-8-14-9/h4-8H,1-3H3/b7-6+. The minimum atomic E-state index is -0.420. The largest absolute Gasteiger partial charge is 0.457 e. The summed E-state index contributed by atoms with van der Waals surface area (Å²) in [5, 5.41) is 1.97. The van der Waals surface area contributed by atoms with Gasteiger partial charge in [0.15, 0.2) is 0 Å². The van der Waals surface area contributed by atoms with Gasteiger partial charge >= 0.3 is 5.97 Å². The van der Waals surface area contributed by atoms with E-state index < -0.39 is 5.60 Å². The number of rotatable bonds is 2. The fourth-order valence-corrected chi connectivity index (χ4v) is 1.49. The summed E-state index contributed by atoms with van der Waals surface area (Å²) in [5.74, 6) is -0.300. The fraction of sp³-hybridized carbons (Fsp3) is 0.364. The molecule has 3 heteroatoms. The minimum absolute atomic E-state index is 0.300. The molecule has 0 saturated carbocycles. The van der Waals surface area contributed by atoms with E-state index in [9.17, 15) is 4.79 Å². The van der Waals surface area contributed by atoms with Crippen LogP contribution in [0.4, 0.5) is 0 Å². The topological polar surface area (TPSA) is 26.3 Å². The first-order valence-electron chi connectivity index (χ1n) is 4.42. The summed E-state index contributed by atoms with van der Waals surface area (Å²) in [6.07, 6.45) is 3.22. The van der Waals surface area contributed by atoms with Crippen molar-refractivity contribution in [3.05, 3.63) is 28.5 Å². The second kappa shape index (κ2) is 4.42. The Morgan fingerprint density at radius 3 is 2.71 bits per heavy atom. The van der Waals surface area contributed by atoms with Crippen molar-refractivity contribution in [2.24, 2.45) is 0 Å². The van der Waals surface area contributed by atoms with Crippen LogP contribution in [0.3, 0.4) is 0 Å². The molecule has 0 aliphatic carbocycles. The van der Waals surface area contributed by atoms with Crippen molar-refractivity contribution < 1.29 is 9.53 Å². The third-order valence-corrected chi connectivity index (χ3v) is 2.17. The Morgan fingerprint density at radius 1 is 1.50 bits per heavy atom. The highest BCUT2D eigenvalue weighted by Crippen LogP contribution is 2.12. The van der Waals surface area contributed by atoms with Crippen LogP contribution in [0, 0.1) is 0 Å². The SMILES string of the molecule is CC(C)(C)OC(=O)/C=C/c1cccs1. The molecule has 0 bridgehead atoms. The molecule has 0 spiro atoms. The fourth-order valence-electron chi connectivity index (χ4n) is 0.872. The van der Waals surface area contributed by atoms with E-state index in [1.165, 1.54) is 6.08 Å². The van der Waals surface area contributed by atoms with E-state index in [-0.39, 0.29) is 5.97 Å². The quantitative estimate of drug-likeness (QED) is 0.554. The molecule has 0 atom stereocenters. The van der Waals surface area contributed by atoms with Gasteiger partial charge < -0.3 is 4.74 Å². The lowest BCUT2D eigenvalue weighted by Crippen LogP contribution is -2.22. The van der Waals surface area contributed by atoms with Crippen molar-refractivity contribution >= 4 is 23.4 Å².